The SMILES string of the molecule is O=C1CC[C@H](n2ccc3cnc(Cl)nc32)[C@H](F)C1. The van der Waals surface area contributed by atoms with Crippen molar-refractivity contribution in [3.8, 4) is 0 Å². The van der Waals surface area contributed by atoms with Gasteiger partial charge in [-0.25, -0.2) is 9.37 Å². The van der Waals surface area contributed by atoms with Crippen LogP contribution in [0, 0.1) is 0 Å². The number of hydrogen-bond donors (Lipinski definition) is 0. The lowest BCUT2D eigenvalue weighted by Gasteiger charge is -2.26. The highest BCUT2D eigenvalue weighted by Crippen LogP contribution is 2.32. The normalized spacial score (nSPS) is 24.7. The van der Waals surface area contributed by atoms with Gasteiger partial charge in [-0.05, 0) is 24.1 Å². The fraction of sp³-hybridized carbons (Fsp3) is 0.417. The van der Waals surface area contributed by atoms with Gasteiger partial charge in [0.1, 0.15) is 17.6 Å². The molecular formula is C12H11ClFN3O. The molecule has 0 bridgehead atoms. The van der Waals surface area contributed by atoms with Crippen molar-refractivity contribution >= 4 is 28.4 Å². The molecule has 0 saturated heterocycles. The average molecular weight is 268 g/mol. The maximum atomic E-state index is 14.0. The number of hydrogen-bond acceptors (Lipinski definition) is 3. The van der Waals surface area contributed by atoms with Crippen molar-refractivity contribution in [2.45, 2.75) is 31.5 Å². The lowest BCUT2D eigenvalue weighted by atomic mass is 9.92. The van der Waals surface area contributed by atoms with Gasteiger partial charge in [-0.1, -0.05) is 0 Å². The number of halogens is 2. The summed E-state index contributed by atoms with van der Waals surface area (Å²) in [4.78, 5) is 19.2. The zero-order valence-electron chi connectivity index (χ0n) is 9.51. The number of rotatable bonds is 1. The standard InChI is InChI=1S/C12H11ClFN3O/c13-12-15-6-7-3-4-17(11(7)16-12)10-2-1-8(18)5-9(10)14/h3-4,6,9-10H,1-2,5H2/t9-,10+/m1/s1. The van der Waals surface area contributed by atoms with Crippen molar-refractivity contribution in [3.05, 3.63) is 23.7 Å². The van der Waals surface area contributed by atoms with E-state index in [9.17, 15) is 9.18 Å². The molecule has 0 radical (unpaired) electrons. The van der Waals surface area contributed by atoms with Crippen LogP contribution in [0.2, 0.25) is 5.28 Å². The summed E-state index contributed by atoms with van der Waals surface area (Å²) >= 11 is 5.76. The van der Waals surface area contributed by atoms with E-state index in [-0.39, 0.29) is 23.5 Å². The Kier molecular flexibility index (Phi) is 2.78. The predicted molar refractivity (Wildman–Crippen MR) is 65.3 cm³/mol. The van der Waals surface area contributed by atoms with Crippen LogP contribution in [0.15, 0.2) is 18.5 Å². The Bertz CT molecular complexity index is 612. The van der Waals surface area contributed by atoms with Gasteiger partial charge in [0.15, 0.2) is 0 Å². The van der Waals surface area contributed by atoms with Gasteiger partial charge < -0.3 is 4.57 Å². The third-order valence-electron chi connectivity index (χ3n) is 3.34. The fourth-order valence-corrected chi connectivity index (χ4v) is 2.57. The molecule has 0 spiro atoms. The molecule has 0 aliphatic heterocycles. The van der Waals surface area contributed by atoms with Crippen molar-refractivity contribution in [3.63, 3.8) is 0 Å². The third kappa shape index (κ3) is 1.88. The number of ketones is 1. The molecule has 0 N–H and O–H groups in total. The minimum Gasteiger partial charge on any atom is -0.326 e. The van der Waals surface area contributed by atoms with Crippen molar-refractivity contribution < 1.29 is 9.18 Å². The van der Waals surface area contributed by atoms with Crippen LogP contribution in [0.4, 0.5) is 4.39 Å². The molecule has 0 amide bonds. The molecule has 2 heterocycles. The van der Waals surface area contributed by atoms with Crippen LogP contribution in [-0.4, -0.2) is 26.5 Å². The molecule has 94 valence electrons. The Balaban J connectivity index is 2.03. The van der Waals surface area contributed by atoms with E-state index in [1.165, 1.54) is 0 Å². The molecule has 1 fully saturated rings. The third-order valence-corrected chi connectivity index (χ3v) is 3.52. The molecule has 1 aliphatic carbocycles. The summed E-state index contributed by atoms with van der Waals surface area (Å²) in [5, 5.41) is 0.966. The number of nitrogens with zero attached hydrogens (tertiary/aromatic N) is 3. The summed E-state index contributed by atoms with van der Waals surface area (Å²) < 4.78 is 15.7. The highest BCUT2D eigenvalue weighted by Gasteiger charge is 2.31. The summed E-state index contributed by atoms with van der Waals surface area (Å²) in [5.41, 5.74) is 0.622. The van der Waals surface area contributed by atoms with Gasteiger partial charge in [-0.2, -0.15) is 4.98 Å². The van der Waals surface area contributed by atoms with E-state index in [0.717, 1.165) is 5.39 Å². The minimum atomic E-state index is -1.16. The number of alkyl halides is 1. The van der Waals surface area contributed by atoms with Gasteiger partial charge in [0.05, 0.1) is 6.04 Å². The lowest BCUT2D eigenvalue weighted by Crippen LogP contribution is -2.28. The average Bonchev–Trinajstić information content (AvgIpc) is 2.72. The molecule has 0 unspecified atom stereocenters. The second kappa shape index (κ2) is 4.31. The zero-order chi connectivity index (χ0) is 12.7. The maximum Gasteiger partial charge on any atom is 0.224 e. The largest absolute Gasteiger partial charge is 0.326 e. The molecule has 1 saturated carbocycles. The van der Waals surface area contributed by atoms with Crippen molar-refractivity contribution in [2.24, 2.45) is 0 Å². The van der Waals surface area contributed by atoms with Crippen LogP contribution < -0.4 is 0 Å². The molecular weight excluding hydrogens is 257 g/mol. The predicted octanol–water partition coefficient (Wildman–Crippen LogP) is 2.72. The highest BCUT2D eigenvalue weighted by atomic mass is 35.5. The first kappa shape index (κ1) is 11.6. The Hall–Kier alpha value is -1.49. The van der Waals surface area contributed by atoms with E-state index >= 15 is 0 Å². The molecule has 0 aromatic carbocycles. The molecule has 1 aliphatic rings. The van der Waals surface area contributed by atoms with Crippen LogP contribution in [0.3, 0.4) is 0 Å². The molecule has 2 aromatic heterocycles. The second-order valence-electron chi connectivity index (χ2n) is 4.51. The number of carbonyl (C=O) groups is 1. The smallest absolute Gasteiger partial charge is 0.224 e. The Labute approximate surface area is 108 Å². The van der Waals surface area contributed by atoms with Crippen molar-refractivity contribution in [1.29, 1.82) is 0 Å². The molecule has 18 heavy (non-hydrogen) atoms. The first-order valence-electron chi connectivity index (χ1n) is 5.80. The summed E-state index contributed by atoms with van der Waals surface area (Å²) in [6.07, 6.45) is 3.15. The van der Waals surface area contributed by atoms with Gasteiger partial charge >= 0.3 is 0 Å². The van der Waals surface area contributed by atoms with Gasteiger partial charge in [0, 0.05) is 30.6 Å². The van der Waals surface area contributed by atoms with E-state index < -0.39 is 6.17 Å². The Morgan fingerprint density at radius 2 is 2.33 bits per heavy atom. The van der Waals surface area contributed by atoms with E-state index in [1.807, 2.05) is 6.07 Å². The Morgan fingerprint density at radius 3 is 3.11 bits per heavy atom. The van der Waals surface area contributed by atoms with Gasteiger partial charge in [-0.3, -0.25) is 4.79 Å². The lowest BCUT2D eigenvalue weighted by molar-refractivity contribution is -0.122. The Morgan fingerprint density at radius 1 is 1.50 bits per heavy atom. The van der Waals surface area contributed by atoms with Crippen LogP contribution in [0.1, 0.15) is 25.3 Å². The van der Waals surface area contributed by atoms with E-state index in [4.69, 9.17) is 11.6 Å². The quantitative estimate of drug-likeness (QED) is 0.747. The summed E-state index contributed by atoms with van der Waals surface area (Å²) in [5.74, 6) is -0.0112. The van der Waals surface area contributed by atoms with E-state index in [0.29, 0.717) is 18.5 Å². The number of fused-ring (bicyclic) bond motifs is 1. The zero-order valence-corrected chi connectivity index (χ0v) is 10.3. The number of Topliss-reactive ketones (excluding diaryl/α,β-unsaturated/α-hetero) is 1. The second-order valence-corrected chi connectivity index (χ2v) is 4.84. The first-order valence-corrected chi connectivity index (χ1v) is 6.18. The van der Waals surface area contributed by atoms with Crippen LogP contribution in [-0.2, 0) is 4.79 Å². The van der Waals surface area contributed by atoms with Gasteiger partial charge in [0.2, 0.25) is 5.28 Å². The summed E-state index contributed by atoms with van der Waals surface area (Å²) in [6.45, 7) is 0. The summed E-state index contributed by atoms with van der Waals surface area (Å²) in [7, 11) is 0. The van der Waals surface area contributed by atoms with Crippen LogP contribution in [0.5, 0.6) is 0 Å². The van der Waals surface area contributed by atoms with Gasteiger partial charge in [0.25, 0.3) is 0 Å². The monoisotopic (exact) mass is 267 g/mol. The topological polar surface area (TPSA) is 47.8 Å². The summed E-state index contributed by atoms with van der Waals surface area (Å²) in [6, 6.07) is 1.49. The fourth-order valence-electron chi connectivity index (χ4n) is 2.44. The number of carbonyl (C=O) groups excluding carboxylic acids is 1. The van der Waals surface area contributed by atoms with Crippen LogP contribution in [0.25, 0.3) is 11.0 Å². The van der Waals surface area contributed by atoms with Crippen molar-refractivity contribution in [2.75, 3.05) is 0 Å². The van der Waals surface area contributed by atoms with E-state index in [1.54, 1.807) is 17.0 Å². The molecule has 2 aromatic rings. The molecule has 4 nitrogen and oxygen atoms in total. The first-order chi connectivity index (χ1) is 8.65. The van der Waals surface area contributed by atoms with Gasteiger partial charge in [-0.15, -0.1) is 0 Å². The molecule has 3 rings (SSSR count). The molecule has 2 atom stereocenters. The van der Waals surface area contributed by atoms with Crippen LogP contribution >= 0.6 is 11.6 Å². The highest BCUT2D eigenvalue weighted by molar-refractivity contribution is 6.28. The molecule has 6 heteroatoms. The number of aromatic nitrogens is 3. The van der Waals surface area contributed by atoms with Crippen molar-refractivity contribution in [1.82, 2.24) is 14.5 Å². The minimum absolute atomic E-state index is 0.0108. The van der Waals surface area contributed by atoms with E-state index in [2.05, 4.69) is 9.97 Å². The maximum absolute atomic E-state index is 14.0.